The molecular weight excluding hydrogens is 206 g/mol. The molecule has 0 aliphatic carbocycles. The topological polar surface area (TPSA) is 24.6 Å². The van der Waals surface area contributed by atoms with Crippen molar-refractivity contribution in [3.8, 4) is 0 Å². The van der Waals surface area contributed by atoms with E-state index in [2.05, 4.69) is 43.4 Å². The molecule has 0 unspecified atom stereocenters. The van der Waals surface area contributed by atoms with Crippen LogP contribution in [0.25, 0.3) is 0 Å². The highest BCUT2D eigenvalue weighted by Gasteiger charge is 2.54. The Morgan fingerprint density at radius 2 is 2.27 bits per heavy atom. The molecule has 3 heteroatoms. The first-order valence-electron chi connectivity index (χ1n) is 5.44. The summed E-state index contributed by atoms with van der Waals surface area (Å²) in [7, 11) is 0. The summed E-state index contributed by atoms with van der Waals surface area (Å²) < 4.78 is 5.70. The van der Waals surface area contributed by atoms with Crippen LogP contribution in [0, 0.1) is 0 Å². The number of fused-ring (bicyclic) bond motifs is 1. The Morgan fingerprint density at radius 3 is 2.93 bits per heavy atom. The zero-order valence-corrected chi connectivity index (χ0v) is 9.80. The van der Waals surface area contributed by atoms with Gasteiger partial charge in [-0.1, -0.05) is 30.8 Å². The molecular formula is C12H15NOS. The van der Waals surface area contributed by atoms with Crippen molar-refractivity contribution in [3.63, 3.8) is 0 Å². The Kier molecular flexibility index (Phi) is 2.01. The number of benzene rings is 1. The molecule has 0 bridgehead atoms. The Balaban J connectivity index is 1.83. The SMILES string of the molecule is CC[C@H]1O[C@@H]1[C@@]1(C)Nc2ccccc2S1. The standard InChI is InChI=1S/C12H15NOS/c1-3-9-11(14-9)12(2)13-8-6-4-5-7-10(8)15-12/h4-7,9,11,13H,3H2,1-2H3/t9-,11+,12+/m1/s1. The lowest BCUT2D eigenvalue weighted by Gasteiger charge is -2.21. The molecule has 2 heterocycles. The Labute approximate surface area is 94.4 Å². The Hall–Kier alpha value is -0.670. The van der Waals surface area contributed by atoms with Crippen LogP contribution >= 0.6 is 11.8 Å². The van der Waals surface area contributed by atoms with E-state index in [0.29, 0.717) is 12.2 Å². The van der Waals surface area contributed by atoms with Crippen molar-refractivity contribution >= 4 is 17.4 Å². The van der Waals surface area contributed by atoms with Gasteiger partial charge in [-0.05, 0) is 25.5 Å². The minimum atomic E-state index is 0.0321. The first kappa shape index (κ1) is 9.55. The summed E-state index contributed by atoms with van der Waals surface area (Å²) in [5.74, 6) is 0. The van der Waals surface area contributed by atoms with Crippen molar-refractivity contribution < 1.29 is 4.74 Å². The lowest BCUT2D eigenvalue weighted by Crippen LogP contribution is -2.34. The van der Waals surface area contributed by atoms with Crippen molar-refractivity contribution in [2.75, 3.05) is 5.32 Å². The van der Waals surface area contributed by atoms with E-state index in [1.807, 2.05) is 11.8 Å². The second-order valence-electron chi connectivity index (χ2n) is 4.33. The van der Waals surface area contributed by atoms with Crippen molar-refractivity contribution in [1.82, 2.24) is 0 Å². The molecule has 0 amide bonds. The first-order valence-corrected chi connectivity index (χ1v) is 6.26. The summed E-state index contributed by atoms with van der Waals surface area (Å²) >= 11 is 1.89. The highest BCUT2D eigenvalue weighted by Crippen LogP contribution is 2.52. The average Bonchev–Trinajstić information content (AvgIpc) is 2.95. The summed E-state index contributed by atoms with van der Waals surface area (Å²) in [6.45, 7) is 4.42. The second kappa shape index (κ2) is 3.16. The summed E-state index contributed by atoms with van der Waals surface area (Å²) in [4.78, 5) is 1.37. The first-order chi connectivity index (χ1) is 7.23. The number of hydrogen-bond acceptors (Lipinski definition) is 3. The number of nitrogens with one attached hydrogen (secondary N) is 1. The summed E-state index contributed by atoms with van der Waals surface area (Å²) in [6.07, 6.45) is 1.92. The van der Waals surface area contributed by atoms with Gasteiger partial charge in [-0.2, -0.15) is 0 Å². The number of ether oxygens (including phenoxy) is 1. The molecule has 1 saturated heterocycles. The monoisotopic (exact) mass is 221 g/mol. The van der Waals surface area contributed by atoms with Gasteiger partial charge < -0.3 is 10.1 Å². The number of hydrogen-bond donors (Lipinski definition) is 1. The molecule has 2 nitrogen and oxygen atoms in total. The molecule has 80 valence electrons. The van der Waals surface area contributed by atoms with Gasteiger partial charge in [-0.3, -0.25) is 0 Å². The lowest BCUT2D eigenvalue weighted by molar-refractivity contribution is 0.348. The predicted molar refractivity (Wildman–Crippen MR) is 63.3 cm³/mol. The van der Waals surface area contributed by atoms with Crippen LogP contribution in [0.15, 0.2) is 29.2 Å². The summed E-state index contributed by atoms with van der Waals surface area (Å²) in [5.41, 5.74) is 1.25. The quantitative estimate of drug-likeness (QED) is 0.777. The zero-order chi connectivity index (χ0) is 10.5. The van der Waals surface area contributed by atoms with Gasteiger partial charge in [-0.15, -0.1) is 0 Å². The fourth-order valence-corrected chi connectivity index (χ4v) is 3.56. The molecule has 1 aromatic carbocycles. The molecule has 2 aliphatic rings. The van der Waals surface area contributed by atoms with Crippen molar-refractivity contribution in [1.29, 1.82) is 0 Å². The van der Waals surface area contributed by atoms with Gasteiger partial charge in [0.2, 0.25) is 0 Å². The molecule has 0 aromatic heterocycles. The summed E-state index contributed by atoms with van der Waals surface area (Å²) in [5, 5.41) is 3.58. The number of thioether (sulfide) groups is 1. The van der Waals surface area contributed by atoms with Gasteiger partial charge in [0.1, 0.15) is 11.0 Å². The van der Waals surface area contributed by atoms with Crippen LogP contribution in [-0.4, -0.2) is 17.1 Å². The van der Waals surface area contributed by atoms with E-state index in [-0.39, 0.29) is 4.87 Å². The normalized spacial score (nSPS) is 37.2. The van der Waals surface area contributed by atoms with Crippen LogP contribution in [0.1, 0.15) is 20.3 Å². The molecule has 3 atom stereocenters. The van der Waals surface area contributed by atoms with E-state index in [9.17, 15) is 0 Å². The highest BCUT2D eigenvalue weighted by atomic mass is 32.2. The van der Waals surface area contributed by atoms with Gasteiger partial charge in [0, 0.05) is 10.6 Å². The van der Waals surface area contributed by atoms with Crippen LogP contribution < -0.4 is 5.32 Å². The third-order valence-corrected chi connectivity index (χ3v) is 4.45. The van der Waals surface area contributed by atoms with Crippen LogP contribution in [0.4, 0.5) is 5.69 Å². The Bertz CT molecular complexity index is 368. The second-order valence-corrected chi connectivity index (χ2v) is 5.83. The van der Waals surface area contributed by atoms with E-state index in [4.69, 9.17) is 4.74 Å². The van der Waals surface area contributed by atoms with E-state index < -0.39 is 0 Å². The maximum atomic E-state index is 5.70. The molecule has 2 aliphatic heterocycles. The zero-order valence-electron chi connectivity index (χ0n) is 8.99. The lowest BCUT2D eigenvalue weighted by atomic mass is 10.1. The van der Waals surface area contributed by atoms with Crippen LogP contribution in [0.3, 0.4) is 0 Å². The summed E-state index contributed by atoms with van der Waals surface area (Å²) in [6, 6.07) is 8.46. The van der Waals surface area contributed by atoms with E-state index >= 15 is 0 Å². The smallest absolute Gasteiger partial charge is 0.117 e. The number of epoxide rings is 1. The molecule has 1 N–H and O–H groups in total. The largest absolute Gasteiger partial charge is 0.368 e. The maximum absolute atomic E-state index is 5.70. The predicted octanol–water partition coefficient (Wildman–Crippen LogP) is 3.10. The molecule has 3 rings (SSSR count). The minimum Gasteiger partial charge on any atom is -0.368 e. The molecule has 15 heavy (non-hydrogen) atoms. The number of rotatable bonds is 2. The van der Waals surface area contributed by atoms with Gasteiger partial charge in [0.05, 0.1) is 6.10 Å². The highest BCUT2D eigenvalue weighted by molar-refractivity contribution is 8.01. The van der Waals surface area contributed by atoms with Crippen molar-refractivity contribution in [3.05, 3.63) is 24.3 Å². The number of para-hydroxylation sites is 1. The van der Waals surface area contributed by atoms with Crippen LogP contribution in [0.5, 0.6) is 0 Å². The van der Waals surface area contributed by atoms with Crippen molar-refractivity contribution in [2.24, 2.45) is 0 Å². The molecule has 0 saturated carbocycles. The van der Waals surface area contributed by atoms with Gasteiger partial charge in [0.25, 0.3) is 0 Å². The van der Waals surface area contributed by atoms with Gasteiger partial charge >= 0.3 is 0 Å². The molecule has 1 aromatic rings. The van der Waals surface area contributed by atoms with Gasteiger partial charge in [0.15, 0.2) is 0 Å². The number of anilines is 1. The fraction of sp³-hybridized carbons (Fsp3) is 0.500. The van der Waals surface area contributed by atoms with Crippen molar-refractivity contribution in [2.45, 2.75) is 42.2 Å². The van der Waals surface area contributed by atoms with Gasteiger partial charge in [-0.25, -0.2) is 0 Å². The average molecular weight is 221 g/mol. The van der Waals surface area contributed by atoms with E-state index in [0.717, 1.165) is 6.42 Å². The molecule has 0 spiro atoms. The third-order valence-electron chi connectivity index (χ3n) is 3.12. The Morgan fingerprint density at radius 1 is 1.47 bits per heavy atom. The van der Waals surface area contributed by atoms with Crippen LogP contribution in [0.2, 0.25) is 0 Å². The van der Waals surface area contributed by atoms with Crippen LogP contribution in [-0.2, 0) is 4.74 Å². The van der Waals surface area contributed by atoms with E-state index in [1.54, 1.807) is 0 Å². The fourth-order valence-electron chi connectivity index (χ4n) is 2.25. The molecule has 1 fully saturated rings. The van der Waals surface area contributed by atoms with E-state index in [1.165, 1.54) is 10.6 Å². The molecule has 0 radical (unpaired) electrons. The third kappa shape index (κ3) is 1.45. The maximum Gasteiger partial charge on any atom is 0.117 e. The minimum absolute atomic E-state index is 0.0321.